The summed E-state index contributed by atoms with van der Waals surface area (Å²) in [4.78, 5) is 37.1. The molecule has 0 N–H and O–H groups in total. The van der Waals surface area contributed by atoms with Gasteiger partial charge in [-0.15, -0.1) is 0 Å². The number of hydrogen-bond acceptors (Lipinski definition) is 7. The van der Waals surface area contributed by atoms with Gasteiger partial charge in [-0.3, -0.25) is 14.2 Å². The Morgan fingerprint density at radius 3 is 2.64 bits per heavy atom. The Bertz CT molecular complexity index is 1590. The van der Waals surface area contributed by atoms with E-state index in [-0.39, 0.29) is 11.5 Å². The molecule has 0 spiro atoms. The van der Waals surface area contributed by atoms with Crippen molar-refractivity contribution in [1.29, 1.82) is 0 Å². The summed E-state index contributed by atoms with van der Waals surface area (Å²) in [6.07, 6.45) is 5.27. The van der Waals surface area contributed by atoms with Crippen molar-refractivity contribution in [3.63, 3.8) is 0 Å². The summed E-state index contributed by atoms with van der Waals surface area (Å²) in [6, 6.07) is 8.76. The zero-order valence-corrected chi connectivity index (χ0v) is 25.1. The largest absolute Gasteiger partial charge is 0.496 e. The van der Waals surface area contributed by atoms with Crippen molar-refractivity contribution >= 4 is 45.1 Å². The van der Waals surface area contributed by atoms with Crippen molar-refractivity contribution in [2.75, 3.05) is 38.2 Å². The van der Waals surface area contributed by atoms with Gasteiger partial charge in [-0.1, -0.05) is 29.5 Å². The lowest BCUT2D eigenvalue weighted by Crippen LogP contribution is -2.43. The van der Waals surface area contributed by atoms with Crippen molar-refractivity contribution in [2.24, 2.45) is 4.99 Å². The first-order valence-corrected chi connectivity index (χ1v) is 15.0. The van der Waals surface area contributed by atoms with Crippen molar-refractivity contribution in [1.82, 2.24) is 9.47 Å². The zero-order valence-electron chi connectivity index (χ0n) is 22.7. The Balaban J connectivity index is 1.66. The second-order valence-electron chi connectivity index (χ2n) is 9.65. The Morgan fingerprint density at radius 1 is 1.23 bits per heavy atom. The molecule has 0 aliphatic carbocycles. The van der Waals surface area contributed by atoms with Crippen LogP contribution in [0.25, 0.3) is 6.08 Å². The molecular weight excluding hydrogens is 580 g/mol. The Morgan fingerprint density at radius 2 is 1.95 bits per heavy atom. The van der Waals surface area contributed by atoms with Crippen LogP contribution >= 0.6 is 27.3 Å². The molecule has 2 aromatic heterocycles. The molecule has 1 fully saturated rings. The SMILES string of the molecule is CCN(CC)C(=O)C1=C(C)N=c2s/c(=C/c3cc(Br)c(N4CCCCC4)o3)c(=O)n2[C@H]1c1ccccc1OC. The summed E-state index contributed by atoms with van der Waals surface area (Å²) in [5.74, 6) is 1.87. The molecule has 206 valence electrons. The number of rotatable bonds is 7. The fourth-order valence-electron chi connectivity index (χ4n) is 5.35. The van der Waals surface area contributed by atoms with Crippen LogP contribution < -0.4 is 24.5 Å². The number of aromatic nitrogens is 1. The Hall–Kier alpha value is -3.11. The summed E-state index contributed by atoms with van der Waals surface area (Å²) in [6.45, 7) is 8.76. The van der Waals surface area contributed by atoms with Crippen LogP contribution in [0.2, 0.25) is 0 Å². The molecular formula is C29H33BrN4O4S. The summed E-state index contributed by atoms with van der Waals surface area (Å²) in [5.41, 5.74) is 1.60. The average molecular weight is 614 g/mol. The molecule has 39 heavy (non-hydrogen) atoms. The van der Waals surface area contributed by atoms with E-state index in [1.165, 1.54) is 17.8 Å². The van der Waals surface area contributed by atoms with Gasteiger partial charge in [0.05, 0.1) is 27.4 Å². The third-order valence-electron chi connectivity index (χ3n) is 7.34. The molecule has 0 saturated carbocycles. The molecule has 0 bridgehead atoms. The standard InChI is InChI=1S/C29H33BrN4O4S/c1-5-32(6-2)27(36)24-18(3)31-29-34(25(24)20-12-8-9-13-22(20)37-4)26(35)23(39-29)17-19-16-21(30)28(38-19)33-14-10-7-11-15-33/h8-9,12-13,16-17,25H,5-7,10-11,14-15H2,1-4H3/b23-17+/t25-/m0/s1. The van der Waals surface area contributed by atoms with E-state index >= 15 is 0 Å². The van der Waals surface area contributed by atoms with Gasteiger partial charge in [0, 0.05) is 43.9 Å². The number of piperidine rings is 1. The molecule has 1 atom stereocenters. The maximum absolute atomic E-state index is 14.0. The highest BCUT2D eigenvalue weighted by atomic mass is 79.9. The maximum Gasteiger partial charge on any atom is 0.271 e. The number of benzene rings is 1. The molecule has 1 amide bonds. The third kappa shape index (κ3) is 5.12. The van der Waals surface area contributed by atoms with Crippen LogP contribution in [-0.2, 0) is 4.79 Å². The van der Waals surface area contributed by atoms with E-state index in [0.29, 0.717) is 45.2 Å². The molecule has 1 saturated heterocycles. The number of carbonyl (C=O) groups is 1. The van der Waals surface area contributed by atoms with Crippen LogP contribution in [0.3, 0.4) is 0 Å². The zero-order chi connectivity index (χ0) is 27.7. The normalized spacial score (nSPS) is 17.7. The van der Waals surface area contributed by atoms with Gasteiger partial charge in [-0.2, -0.15) is 0 Å². The molecule has 2 aliphatic heterocycles. The number of nitrogens with zero attached hydrogens (tertiary/aromatic N) is 4. The van der Waals surface area contributed by atoms with Crippen LogP contribution in [0.15, 0.2) is 60.3 Å². The number of amides is 1. The minimum Gasteiger partial charge on any atom is -0.496 e. The quantitative estimate of drug-likeness (QED) is 0.394. The van der Waals surface area contributed by atoms with E-state index in [9.17, 15) is 9.59 Å². The number of likely N-dealkylation sites (N-methyl/N-ethyl adjacent to an activating group) is 1. The number of thiazole rings is 1. The Labute approximate surface area is 240 Å². The van der Waals surface area contributed by atoms with E-state index in [2.05, 4.69) is 20.8 Å². The van der Waals surface area contributed by atoms with Crippen molar-refractivity contribution in [3.05, 3.63) is 77.1 Å². The topological polar surface area (TPSA) is 80.3 Å². The van der Waals surface area contributed by atoms with E-state index in [4.69, 9.17) is 14.1 Å². The first kappa shape index (κ1) is 27.5. The van der Waals surface area contributed by atoms with Gasteiger partial charge in [0.1, 0.15) is 17.6 Å². The minimum atomic E-state index is -0.667. The van der Waals surface area contributed by atoms with Gasteiger partial charge in [0.2, 0.25) is 5.88 Å². The molecule has 0 radical (unpaired) electrons. The van der Waals surface area contributed by atoms with Crippen molar-refractivity contribution < 1.29 is 13.9 Å². The second kappa shape index (κ2) is 11.6. The van der Waals surface area contributed by atoms with Crippen LogP contribution in [0.4, 0.5) is 5.88 Å². The van der Waals surface area contributed by atoms with E-state index in [0.717, 1.165) is 41.9 Å². The number of allylic oxidation sites excluding steroid dienone is 1. The number of methoxy groups -OCH3 is 1. The smallest absolute Gasteiger partial charge is 0.271 e. The van der Waals surface area contributed by atoms with Gasteiger partial charge < -0.3 is 19.0 Å². The van der Waals surface area contributed by atoms with Crippen LogP contribution in [-0.4, -0.2) is 48.7 Å². The number of halogens is 1. The second-order valence-corrected chi connectivity index (χ2v) is 11.5. The van der Waals surface area contributed by atoms with Crippen molar-refractivity contribution in [2.45, 2.75) is 46.1 Å². The number of para-hydroxylation sites is 1. The number of fused-ring (bicyclic) bond motifs is 1. The fraction of sp³-hybridized carbons (Fsp3) is 0.414. The van der Waals surface area contributed by atoms with Gasteiger partial charge in [-0.25, -0.2) is 4.99 Å². The predicted molar refractivity (Wildman–Crippen MR) is 157 cm³/mol. The van der Waals surface area contributed by atoms with Gasteiger partial charge in [-0.05, 0) is 62.0 Å². The molecule has 4 heterocycles. The highest BCUT2D eigenvalue weighted by Crippen LogP contribution is 2.36. The number of hydrogen-bond donors (Lipinski definition) is 0. The van der Waals surface area contributed by atoms with Gasteiger partial charge >= 0.3 is 0 Å². The molecule has 8 nitrogen and oxygen atoms in total. The first-order chi connectivity index (χ1) is 18.9. The van der Waals surface area contributed by atoms with Gasteiger partial charge in [0.15, 0.2) is 4.80 Å². The summed E-state index contributed by atoms with van der Waals surface area (Å²) in [5, 5.41) is 0. The molecule has 5 rings (SSSR count). The summed E-state index contributed by atoms with van der Waals surface area (Å²) < 4.78 is 14.9. The number of carbonyl (C=O) groups excluding carboxylic acids is 1. The number of furan rings is 1. The van der Waals surface area contributed by atoms with Crippen LogP contribution in [0, 0.1) is 0 Å². The minimum absolute atomic E-state index is 0.132. The Kier molecular flexibility index (Phi) is 8.13. The fourth-order valence-corrected chi connectivity index (χ4v) is 6.94. The molecule has 1 aromatic carbocycles. The lowest BCUT2D eigenvalue weighted by atomic mass is 9.94. The lowest BCUT2D eigenvalue weighted by molar-refractivity contribution is -0.127. The summed E-state index contributed by atoms with van der Waals surface area (Å²) in [7, 11) is 1.60. The highest BCUT2D eigenvalue weighted by Gasteiger charge is 2.35. The number of anilines is 1. The van der Waals surface area contributed by atoms with E-state index < -0.39 is 6.04 Å². The van der Waals surface area contributed by atoms with Crippen molar-refractivity contribution in [3.8, 4) is 5.75 Å². The lowest BCUT2D eigenvalue weighted by Gasteiger charge is -2.29. The maximum atomic E-state index is 14.0. The van der Waals surface area contributed by atoms with Crippen LogP contribution in [0.5, 0.6) is 5.75 Å². The molecule has 2 aliphatic rings. The highest BCUT2D eigenvalue weighted by molar-refractivity contribution is 9.10. The first-order valence-electron chi connectivity index (χ1n) is 13.4. The number of ether oxygens (including phenoxy) is 1. The van der Waals surface area contributed by atoms with E-state index in [1.807, 2.05) is 51.1 Å². The van der Waals surface area contributed by atoms with Gasteiger partial charge in [0.25, 0.3) is 11.5 Å². The third-order valence-corrected chi connectivity index (χ3v) is 8.89. The van der Waals surface area contributed by atoms with E-state index in [1.54, 1.807) is 22.7 Å². The monoisotopic (exact) mass is 612 g/mol. The van der Waals surface area contributed by atoms with Crippen LogP contribution in [0.1, 0.15) is 57.4 Å². The molecule has 10 heteroatoms. The predicted octanol–water partition coefficient (Wildman–Crippen LogP) is 4.46. The summed E-state index contributed by atoms with van der Waals surface area (Å²) >= 11 is 4.94. The average Bonchev–Trinajstić information content (AvgIpc) is 3.47. The molecule has 3 aromatic rings. The molecule has 0 unspecified atom stereocenters.